The SMILES string of the molecule is CC(C)(C)OC(=O)N[C@H]1CCCC[C@H]1Nc1ccc(C(N)=O)c(N/C(O)=C/C(=N)c2ccccc2)c1. The Bertz CT molecular complexity index is 1120. The van der Waals surface area contributed by atoms with Crippen molar-refractivity contribution in [3.8, 4) is 0 Å². The van der Waals surface area contributed by atoms with Crippen molar-refractivity contribution in [1.29, 1.82) is 5.41 Å². The predicted octanol–water partition coefficient (Wildman–Crippen LogP) is 4.91. The summed E-state index contributed by atoms with van der Waals surface area (Å²) in [6, 6.07) is 13.8. The minimum atomic E-state index is -0.655. The molecule has 0 aliphatic heterocycles. The highest BCUT2D eigenvalue weighted by Crippen LogP contribution is 2.27. The molecule has 2 atom stereocenters. The van der Waals surface area contributed by atoms with Crippen molar-refractivity contribution >= 4 is 29.1 Å². The molecule has 2 aromatic rings. The summed E-state index contributed by atoms with van der Waals surface area (Å²) in [6.07, 6.45) is 4.48. The number of hydrogen-bond acceptors (Lipinski definition) is 7. The maximum Gasteiger partial charge on any atom is 0.407 e. The third-order valence-electron chi connectivity index (χ3n) is 5.73. The van der Waals surface area contributed by atoms with Crippen LogP contribution in [0.5, 0.6) is 0 Å². The molecule has 1 aliphatic rings. The summed E-state index contributed by atoms with van der Waals surface area (Å²) >= 11 is 0. The number of nitrogens with two attached hydrogens (primary N) is 1. The second kappa shape index (κ2) is 11.6. The summed E-state index contributed by atoms with van der Waals surface area (Å²) in [4.78, 5) is 24.3. The Labute approximate surface area is 211 Å². The van der Waals surface area contributed by atoms with Crippen LogP contribution in [-0.4, -0.2) is 40.5 Å². The third kappa shape index (κ3) is 7.76. The number of alkyl carbamates (subject to hydrolysis) is 1. The zero-order valence-corrected chi connectivity index (χ0v) is 20.9. The van der Waals surface area contributed by atoms with E-state index in [4.69, 9.17) is 15.9 Å². The second-order valence-electron chi connectivity index (χ2n) is 9.85. The van der Waals surface area contributed by atoms with Crippen LogP contribution >= 0.6 is 0 Å². The summed E-state index contributed by atoms with van der Waals surface area (Å²) in [5.41, 5.74) is 6.88. The number of nitrogens with one attached hydrogen (secondary N) is 4. The second-order valence-corrected chi connectivity index (χ2v) is 9.85. The molecule has 1 saturated carbocycles. The number of aliphatic hydroxyl groups excluding tert-OH is 1. The molecule has 0 radical (unpaired) electrons. The van der Waals surface area contributed by atoms with Gasteiger partial charge in [-0.1, -0.05) is 43.2 Å². The van der Waals surface area contributed by atoms with Gasteiger partial charge in [-0.15, -0.1) is 0 Å². The highest BCUT2D eigenvalue weighted by Gasteiger charge is 2.28. The minimum Gasteiger partial charge on any atom is -0.495 e. The predicted molar refractivity (Wildman–Crippen MR) is 142 cm³/mol. The average Bonchev–Trinajstić information content (AvgIpc) is 2.79. The number of rotatable bonds is 8. The van der Waals surface area contributed by atoms with Crippen LogP contribution in [0, 0.1) is 5.41 Å². The van der Waals surface area contributed by atoms with E-state index in [-0.39, 0.29) is 29.2 Å². The smallest absolute Gasteiger partial charge is 0.407 e. The van der Waals surface area contributed by atoms with Gasteiger partial charge in [-0.05, 0) is 57.4 Å². The fraction of sp³-hybridized carbons (Fsp3) is 0.370. The Hall–Kier alpha value is -4.01. The van der Waals surface area contributed by atoms with Gasteiger partial charge in [0.25, 0.3) is 5.91 Å². The standard InChI is InChI=1S/C27H35N5O4/c1-27(2,3)36-26(35)32-22-12-8-7-11-21(22)30-18-13-14-19(25(29)34)23(15-18)31-24(33)16-20(28)17-9-5-4-6-10-17/h4-6,9-10,13-16,21-22,28,30-31,33H,7-8,11-12H2,1-3H3,(H2,29,34)(H,32,35)/b24-16-,28-20?/t21-,22+/m1/s1. The lowest BCUT2D eigenvalue weighted by molar-refractivity contribution is 0.0488. The quantitative estimate of drug-likeness (QED) is 0.227. The van der Waals surface area contributed by atoms with E-state index in [0.717, 1.165) is 25.7 Å². The fourth-order valence-electron chi connectivity index (χ4n) is 4.11. The first-order valence-corrected chi connectivity index (χ1v) is 12.0. The molecule has 1 fully saturated rings. The minimum absolute atomic E-state index is 0.0473. The van der Waals surface area contributed by atoms with Gasteiger partial charge in [-0.2, -0.15) is 0 Å². The molecule has 2 aromatic carbocycles. The molecule has 2 amide bonds. The summed E-state index contributed by atoms with van der Waals surface area (Å²) in [6.45, 7) is 5.47. The van der Waals surface area contributed by atoms with Crippen LogP contribution in [0.3, 0.4) is 0 Å². The van der Waals surface area contributed by atoms with Gasteiger partial charge in [-0.25, -0.2) is 4.79 Å². The number of primary amides is 1. The van der Waals surface area contributed by atoms with Crippen molar-refractivity contribution in [2.24, 2.45) is 5.73 Å². The molecule has 0 spiro atoms. The maximum atomic E-state index is 12.3. The molecule has 9 nitrogen and oxygen atoms in total. The lowest BCUT2D eigenvalue weighted by atomic mass is 9.90. The van der Waals surface area contributed by atoms with Gasteiger partial charge in [0.1, 0.15) is 5.60 Å². The van der Waals surface area contributed by atoms with Crippen molar-refractivity contribution in [2.75, 3.05) is 10.6 Å². The first-order valence-electron chi connectivity index (χ1n) is 12.0. The van der Waals surface area contributed by atoms with Crippen LogP contribution in [0.15, 0.2) is 60.5 Å². The Kier molecular flexibility index (Phi) is 8.58. The summed E-state index contributed by atoms with van der Waals surface area (Å²) in [7, 11) is 0. The first kappa shape index (κ1) is 26.6. The molecule has 0 aromatic heterocycles. The highest BCUT2D eigenvalue weighted by atomic mass is 16.6. The van der Waals surface area contributed by atoms with E-state index < -0.39 is 17.6 Å². The van der Waals surface area contributed by atoms with Gasteiger partial charge in [0.2, 0.25) is 0 Å². The first-order chi connectivity index (χ1) is 17.0. The normalized spacial score (nSPS) is 18.1. The Morgan fingerprint density at radius 1 is 1.08 bits per heavy atom. The molecular weight excluding hydrogens is 458 g/mol. The monoisotopic (exact) mass is 493 g/mol. The van der Waals surface area contributed by atoms with E-state index >= 15 is 0 Å². The number of hydrogen-bond donors (Lipinski definition) is 6. The van der Waals surface area contributed by atoms with E-state index in [1.807, 2.05) is 26.8 Å². The maximum absolute atomic E-state index is 12.3. The van der Waals surface area contributed by atoms with E-state index in [2.05, 4.69) is 16.0 Å². The number of benzene rings is 2. The summed E-state index contributed by atoms with van der Waals surface area (Å²) in [5, 5.41) is 27.8. The lowest BCUT2D eigenvalue weighted by Gasteiger charge is -2.34. The number of allylic oxidation sites excluding steroid dienone is 1. The topological polar surface area (TPSA) is 150 Å². The molecular formula is C27H35N5O4. The Balaban J connectivity index is 1.76. The molecule has 0 heterocycles. The number of carbonyl (C=O) groups excluding carboxylic acids is 2. The van der Waals surface area contributed by atoms with Gasteiger partial charge in [-0.3, -0.25) is 4.79 Å². The molecule has 0 saturated heterocycles. The fourth-order valence-corrected chi connectivity index (χ4v) is 4.11. The third-order valence-corrected chi connectivity index (χ3v) is 5.73. The van der Waals surface area contributed by atoms with E-state index in [1.165, 1.54) is 6.08 Å². The zero-order valence-electron chi connectivity index (χ0n) is 20.9. The van der Waals surface area contributed by atoms with Gasteiger partial charge >= 0.3 is 6.09 Å². The van der Waals surface area contributed by atoms with Gasteiger partial charge in [0.15, 0.2) is 5.88 Å². The number of carbonyl (C=O) groups is 2. The average molecular weight is 494 g/mol. The highest BCUT2D eigenvalue weighted by molar-refractivity contribution is 6.07. The molecule has 9 heteroatoms. The van der Waals surface area contributed by atoms with E-state index in [0.29, 0.717) is 16.9 Å². The number of amides is 2. The van der Waals surface area contributed by atoms with Gasteiger partial charge in [0.05, 0.1) is 23.0 Å². The van der Waals surface area contributed by atoms with Gasteiger partial charge < -0.3 is 36.9 Å². The summed E-state index contributed by atoms with van der Waals surface area (Å²) in [5.74, 6) is -0.956. The van der Waals surface area contributed by atoms with Crippen molar-refractivity contribution in [2.45, 2.75) is 64.1 Å². The van der Waals surface area contributed by atoms with Crippen molar-refractivity contribution in [1.82, 2.24) is 5.32 Å². The number of anilines is 2. The van der Waals surface area contributed by atoms with Crippen LogP contribution in [0.1, 0.15) is 62.4 Å². The van der Waals surface area contributed by atoms with Gasteiger partial charge in [0, 0.05) is 17.8 Å². The zero-order chi connectivity index (χ0) is 26.3. The number of ether oxygens (including phenoxy) is 1. The molecule has 7 N–H and O–H groups in total. The van der Waals surface area contributed by atoms with Crippen LogP contribution in [-0.2, 0) is 4.74 Å². The molecule has 1 aliphatic carbocycles. The largest absolute Gasteiger partial charge is 0.495 e. The molecule has 0 bridgehead atoms. The van der Waals surface area contributed by atoms with Crippen molar-refractivity contribution < 1.29 is 19.4 Å². The van der Waals surface area contributed by atoms with Crippen LogP contribution in [0.25, 0.3) is 0 Å². The van der Waals surface area contributed by atoms with Crippen LogP contribution < -0.4 is 21.7 Å². The van der Waals surface area contributed by atoms with Crippen LogP contribution in [0.4, 0.5) is 16.2 Å². The Morgan fingerprint density at radius 2 is 1.75 bits per heavy atom. The molecule has 0 unspecified atom stereocenters. The molecule has 36 heavy (non-hydrogen) atoms. The van der Waals surface area contributed by atoms with E-state index in [1.54, 1.807) is 42.5 Å². The van der Waals surface area contributed by atoms with Crippen LogP contribution in [0.2, 0.25) is 0 Å². The summed E-state index contributed by atoms with van der Waals surface area (Å²) < 4.78 is 5.42. The molecule has 192 valence electrons. The van der Waals surface area contributed by atoms with Crippen molar-refractivity contribution in [3.05, 3.63) is 71.6 Å². The van der Waals surface area contributed by atoms with Crippen molar-refractivity contribution in [3.63, 3.8) is 0 Å². The number of aliphatic hydroxyl groups is 1. The molecule has 3 rings (SSSR count). The lowest BCUT2D eigenvalue weighted by Crippen LogP contribution is -2.49. The Morgan fingerprint density at radius 3 is 2.39 bits per heavy atom. The van der Waals surface area contributed by atoms with E-state index in [9.17, 15) is 14.7 Å².